The molecule has 1 aliphatic rings. The second kappa shape index (κ2) is 13.0. The summed E-state index contributed by atoms with van der Waals surface area (Å²) in [6, 6.07) is 7.62. The summed E-state index contributed by atoms with van der Waals surface area (Å²) in [5.74, 6) is -0.208. The van der Waals surface area contributed by atoms with Crippen molar-refractivity contribution in [3.63, 3.8) is 0 Å². The standard InChI is InChI=1S/C28H27BrN2O9S/c1-5-38-19-8-7-15(9-21(19)39-6-2)25-17(27(35)37-4)13-30-28-31(25)26(34)23(41-28)11-16-10-20(36-3)22(12-18(16)29)40-14-24(32)33/h7-13,25H,5-6,14H2,1-4H3,(H,32,33)/b23-11-/t25-/m0/s1. The number of fused-ring (bicyclic) bond motifs is 1. The molecule has 0 aliphatic carbocycles. The maximum atomic E-state index is 13.9. The van der Waals surface area contributed by atoms with E-state index in [0.29, 0.717) is 49.6 Å². The fourth-order valence-electron chi connectivity index (χ4n) is 4.20. The molecule has 41 heavy (non-hydrogen) atoms. The average molecular weight is 648 g/mol. The van der Waals surface area contributed by atoms with Crippen LogP contribution >= 0.6 is 27.3 Å². The molecule has 0 saturated heterocycles. The largest absolute Gasteiger partial charge is 0.493 e. The number of hydrogen-bond donors (Lipinski definition) is 1. The van der Waals surface area contributed by atoms with Crippen LogP contribution in [0, 0.1) is 0 Å². The van der Waals surface area contributed by atoms with E-state index in [1.54, 1.807) is 36.4 Å². The number of carbonyl (C=O) groups excluding carboxylic acids is 1. The lowest BCUT2D eigenvalue weighted by atomic mass is 9.97. The number of benzene rings is 2. The van der Waals surface area contributed by atoms with E-state index in [4.69, 9.17) is 28.8 Å². The summed E-state index contributed by atoms with van der Waals surface area (Å²) in [6.45, 7) is 4.01. The van der Waals surface area contributed by atoms with Gasteiger partial charge in [-0.15, -0.1) is 0 Å². The fraction of sp³-hybridized carbons (Fsp3) is 0.286. The van der Waals surface area contributed by atoms with Crippen molar-refractivity contribution >= 4 is 45.3 Å². The van der Waals surface area contributed by atoms with Gasteiger partial charge < -0.3 is 28.8 Å². The van der Waals surface area contributed by atoms with Crippen LogP contribution in [0.1, 0.15) is 31.0 Å². The van der Waals surface area contributed by atoms with Crippen molar-refractivity contribution in [1.82, 2.24) is 4.57 Å². The summed E-state index contributed by atoms with van der Waals surface area (Å²) in [7, 11) is 2.69. The molecule has 1 atom stereocenters. The lowest BCUT2D eigenvalue weighted by Gasteiger charge is -2.23. The predicted molar refractivity (Wildman–Crippen MR) is 154 cm³/mol. The summed E-state index contributed by atoms with van der Waals surface area (Å²) in [5.41, 5.74) is 0.996. The summed E-state index contributed by atoms with van der Waals surface area (Å²) >= 11 is 4.61. The van der Waals surface area contributed by atoms with E-state index in [1.165, 1.54) is 25.0 Å². The molecule has 2 heterocycles. The Balaban J connectivity index is 1.87. The summed E-state index contributed by atoms with van der Waals surface area (Å²) < 4.78 is 29.5. The number of nitrogens with zero attached hydrogens (tertiary/aromatic N) is 2. The molecule has 0 bridgehead atoms. The maximum absolute atomic E-state index is 13.9. The highest BCUT2D eigenvalue weighted by atomic mass is 79.9. The zero-order valence-corrected chi connectivity index (χ0v) is 25.0. The van der Waals surface area contributed by atoms with Crippen molar-refractivity contribution in [2.75, 3.05) is 34.0 Å². The fourth-order valence-corrected chi connectivity index (χ4v) is 5.60. The minimum atomic E-state index is -1.13. The first-order valence-corrected chi connectivity index (χ1v) is 14.0. The van der Waals surface area contributed by atoms with Crippen LogP contribution in [0.4, 0.5) is 0 Å². The molecule has 0 amide bonds. The summed E-state index contributed by atoms with van der Waals surface area (Å²) in [6.07, 6.45) is 3.07. The van der Waals surface area contributed by atoms with Gasteiger partial charge in [-0.05, 0) is 55.3 Å². The lowest BCUT2D eigenvalue weighted by molar-refractivity contribution is -0.139. The van der Waals surface area contributed by atoms with E-state index >= 15 is 0 Å². The van der Waals surface area contributed by atoms with Gasteiger partial charge >= 0.3 is 11.9 Å². The van der Waals surface area contributed by atoms with Gasteiger partial charge in [-0.3, -0.25) is 9.36 Å². The number of aliphatic carboxylic acids is 1. The second-order valence-corrected chi connectivity index (χ2v) is 10.3. The molecule has 4 rings (SSSR count). The zero-order valence-electron chi connectivity index (χ0n) is 22.6. The molecule has 1 N–H and O–H groups in total. The number of halogens is 1. The number of esters is 1. The molecule has 0 fully saturated rings. The van der Waals surface area contributed by atoms with Gasteiger partial charge in [0.15, 0.2) is 34.4 Å². The molecule has 2 aromatic carbocycles. The van der Waals surface area contributed by atoms with E-state index in [-0.39, 0.29) is 22.6 Å². The number of carboxylic acid groups (broad SMARTS) is 1. The van der Waals surface area contributed by atoms with Gasteiger partial charge in [0, 0.05) is 10.7 Å². The van der Waals surface area contributed by atoms with E-state index < -0.39 is 24.6 Å². The Hall–Kier alpha value is -4.10. The number of carbonyl (C=O) groups is 2. The molecule has 0 radical (unpaired) electrons. The third kappa shape index (κ3) is 6.30. The first kappa shape index (κ1) is 29.9. The minimum absolute atomic E-state index is 0.181. The van der Waals surface area contributed by atoms with Gasteiger partial charge in [-0.1, -0.05) is 33.3 Å². The monoisotopic (exact) mass is 646 g/mol. The highest BCUT2D eigenvalue weighted by Gasteiger charge is 2.31. The lowest BCUT2D eigenvalue weighted by Crippen LogP contribution is -2.39. The quantitative estimate of drug-likeness (QED) is 0.312. The summed E-state index contributed by atoms with van der Waals surface area (Å²) in [4.78, 5) is 42.4. The molecule has 1 aliphatic heterocycles. The van der Waals surface area contributed by atoms with Crippen molar-refractivity contribution < 1.29 is 38.4 Å². The molecular weight excluding hydrogens is 620 g/mol. The highest BCUT2D eigenvalue weighted by molar-refractivity contribution is 9.10. The van der Waals surface area contributed by atoms with Gasteiger partial charge in [0.25, 0.3) is 5.56 Å². The van der Waals surface area contributed by atoms with Crippen molar-refractivity contribution in [2.45, 2.75) is 19.9 Å². The Morgan fingerprint density at radius 3 is 2.41 bits per heavy atom. The van der Waals surface area contributed by atoms with Crippen LogP contribution in [-0.4, -0.2) is 55.7 Å². The Morgan fingerprint density at radius 2 is 1.76 bits per heavy atom. The van der Waals surface area contributed by atoms with Crippen molar-refractivity contribution in [1.29, 1.82) is 0 Å². The molecule has 0 saturated carbocycles. The Bertz CT molecular complexity index is 1690. The topological polar surface area (TPSA) is 135 Å². The molecule has 13 heteroatoms. The van der Waals surface area contributed by atoms with Gasteiger partial charge in [-0.25, -0.2) is 14.6 Å². The maximum Gasteiger partial charge on any atom is 0.341 e. The van der Waals surface area contributed by atoms with Crippen molar-refractivity contribution in [3.8, 4) is 23.0 Å². The SMILES string of the molecule is CCOc1ccc([C@H]2C(C(=O)OC)=CN=c3s/c(=C\c4cc(OC)c(OCC(=O)O)cc4Br)c(=O)n32)cc1OCC. The third-order valence-corrected chi connectivity index (χ3v) is 7.61. The molecule has 0 spiro atoms. The number of methoxy groups -OCH3 is 2. The number of hydrogen-bond acceptors (Lipinski definition) is 10. The third-order valence-electron chi connectivity index (χ3n) is 5.93. The van der Waals surface area contributed by atoms with Crippen LogP contribution in [0.5, 0.6) is 23.0 Å². The number of rotatable bonds is 11. The number of carboxylic acids is 1. The Labute approximate surface area is 247 Å². The zero-order chi connectivity index (χ0) is 29.7. The minimum Gasteiger partial charge on any atom is -0.493 e. The highest BCUT2D eigenvalue weighted by Crippen LogP contribution is 2.36. The van der Waals surface area contributed by atoms with Crippen LogP contribution in [0.2, 0.25) is 0 Å². The van der Waals surface area contributed by atoms with E-state index in [1.807, 2.05) is 13.8 Å². The normalized spacial score (nSPS) is 14.4. The number of thiazole rings is 1. The summed E-state index contributed by atoms with van der Waals surface area (Å²) in [5, 5.41) is 8.95. The molecular formula is C28H27BrN2O9S. The van der Waals surface area contributed by atoms with Crippen LogP contribution in [-0.2, 0) is 14.3 Å². The number of ether oxygens (including phenoxy) is 5. The molecule has 0 unspecified atom stereocenters. The molecule has 11 nitrogen and oxygen atoms in total. The van der Waals surface area contributed by atoms with Crippen molar-refractivity contribution in [3.05, 3.63) is 77.4 Å². The number of aromatic nitrogens is 1. The molecule has 1 aromatic heterocycles. The molecule has 3 aromatic rings. The van der Waals surface area contributed by atoms with Gasteiger partial charge in [0.1, 0.15) is 0 Å². The predicted octanol–water partition coefficient (Wildman–Crippen LogP) is 3.05. The first-order chi connectivity index (χ1) is 19.7. The van der Waals surface area contributed by atoms with Crippen LogP contribution in [0.15, 0.2) is 56.4 Å². The van der Waals surface area contributed by atoms with E-state index in [9.17, 15) is 14.4 Å². The van der Waals surface area contributed by atoms with Crippen molar-refractivity contribution in [2.24, 2.45) is 4.99 Å². The van der Waals surface area contributed by atoms with Gasteiger partial charge in [0.05, 0.1) is 43.6 Å². The average Bonchev–Trinajstić information content (AvgIpc) is 3.28. The van der Waals surface area contributed by atoms with E-state index in [2.05, 4.69) is 20.9 Å². The van der Waals surface area contributed by atoms with Crippen LogP contribution in [0.25, 0.3) is 6.08 Å². The smallest absolute Gasteiger partial charge is 0.341 e. The molecule has 216 valence electrons. The van der Waals surface area contributed by atoms with E-state index in [0.717, 1.165) is 11.3 Å². The first-order valence-electron chi connectivity index (χ1n) is 12.4. The Kier molecular flexibility index (Phi) is 9.50. The van der Waals surface area contributed by atoms with Crippen LogP contribution in [0.3, 0.4) is 0 Å². The Morgan fingerprint density at radius 1 is 1.05 bits per heavy atom. The van der Waals surface area contributed by atoms with Crippen LogP contribution < -0.4 is 33.8 Å². The van der Waals surface area contributed by atoms with Gasteiger partial charge in [0.2, 0.25) is 0 Å². The van der Waals surface area contributed by atoms with Gasteiger partial charge in [-0.2, -0.15) is 0 Å². The second-order valence-electron chi connectivity index (χ2n) is 8.46.